The van der Waals surface area contributed by atoms with Gasteiger partial charge in [-0.2, -0.15) is 5.10 Å². The number of thioether (sulfide) groups is 1. The number of rotatable bonds is 7. The van der Waals surface area contributed by atoms with Crippen molar-refractivity contribution in [1.29, 1.82) is 0 Å². The molecule has 5 rings (SSSR count). The quantitative estimate of drug-likeness (QED) is 0.369. The number of anilines is 1. The van der Waals surface area contributed by atoms with Crippen molar-refractivity contribution in [3.8, 4) is 11.5 Å². The number of benzene rings is 2. The summed E-state index contributed by atoms with van der Waals surface area (Å²) < 4.78 is 4.03. The first kappa shape index (κ1) is 22.6. The Hall–Kier alpha value is -3.16. The number of piperazine rings is 1. The van der Waals surface area contributed by atoms with Gasteiger partial charge in [-0.1, -0.05) is 29.8 Å². The summed E-state index contributed by atoms with van der Waals surface area (Å²) in [6.45, 7) is 3.14. The highest BCUT2D eigenvalue weighted by Gasteiger charge is 2.22. The topological polar surface area (TPSA) is 46.3 Å². The van der Waals surface area contributed by atoms with Crippen LogP contribution in [0.4, 0.5) is 5.69 Å². The Morgan fingerprint density at radius 2 is 1.59 bits per heavy atom. The van der Waals surface area contributed by atoms with Crippen molar-refractivity contribution in [1.82, 2.24) is 19.2 Å². The molecule has 8 heteroatoms. The Morgan fingerprint density at radius 1 is 0.882 bits per heavy atom. The Labute approximate surface area is 208 Å². The molecule has 0 radical (unpaired) electrons. The molecular formula is C26H26ClN5OS. The van der Waals surface area contributed by atoms with Crippen LogP contribution in [0.3, 0.4) is 0 Å². The molecule has 1 amide bonds. The lowest BCUT2D eigenvalue weighted by atomic mass is 10.2. The van der Waals surface area contributed by atoms with Crippen LogP contribution in [0.25, 0.3) is 11.5 Å². The Morgan fingerprint density at radius 3 is 2.29 bits per heavy atom. The molecule has 0 unspecified atom stereocenters. The molecule has 2 aromatic heterocycles. The molecule has 1 saturated heterocycles. The monoisotopic (exact) mass is 491 g/mol. The Balaban J connectivity index is 1.19. The SMILES string of the molecule is O=C(CSCc1cnn(-c2ccccc2)c1-n1cccc1)N1CCN(c2ccc(Cl)cc2)CC1. The predicted octanol–water partition coefficient (Wildman–Crippen LogP) is 4.90. The van der Waals surface area contributed by atoms with E-state index in [4.69, 9.17) is 11.6 Å². The Kier molecular flexibility index (Phi) is 6.92. The van der Waals surface area contributed by atoms with Crippen LogP contribution in [0.2, 0.25) is 5.02 Å². The van der Waals surface area contributed by atoms with E-state index in [0.29, 0.717) is 5.75 Å². The molecule has 0 aliphatic carbocycles. The third-order valence-corrected chi connectivity index (χ3v) is 7.19. The van der Waals surface area contributed by atoms with E-state index in [1.165, 1.54) is 0 Å². The maximum atomic E-state index is 12.9. The summed E-state index contributed by atoms with van der Waals surface area (Å²) >= 11 is 7.64. The molecule has 0 spiro atoms. The van der Waals surface area contributed by atoms with E-state index < -0.39 is 0 Å². The van der Waals surface area contributed by atoms with Crippen molar-refractivity contribution in [3.05, 3.63) is 95.9 Å². The van der Waals surface area contributed by atoms with E-state index >= 15 is 0 Å². The summed E-state index contributed by atoms with van der Waals surface area (Å²) in [7, 11) is 0. The van der Waals surface area contributed by atoms with Gasteiger partial charge in [0.15, 0.2) is 0 Å². The number of hydrogen-bond acceptors (Lipinski definition) is 4. The molecule has 4 aromatic rings. The summed E-state index contributed by atoms with van der Waals surface area (Å²) in [5.74, 6) is 2.38. The highest BCUT2D eigenvalue weighted by molar-refractivity contribution is 7.99. The van der Waals surface area contributed by atoms with Crippen LogP contribution in [0.1, 0.15) is 5.56 Å². The number of carbonyl (C=O) groups excluding carboxylic acids is 1. The van der Waals surface area contributed by atoms with E-state index in [9.17, 15) is 4.79 Å². The van der Waals surface area contributed by atoms with Gasteiger partial charge < -0.3 is 14.4 Å². The van der Waals surface area contributed by atoms with Gasteiger partial charge in [0.05, 0.1) is 17.6 Å². The van der Waals surface area contributed by atoms with Crippen LogP contribution in [0.5, 0.6) is 0 Å². The number of amides is 1. The summed E-state index contributed by atoms with van der Waals surface area (Å²) in [5.41, 5.74) is 3.27. The molecule has 34 heavy (non-hydrogen) atoms. The van der Waals surface area contributed by atoms with Crippen molar-refractivity contribution in [2.75, 3.05) is 36.8 Å². The summed E-state index contributed by atoms with van der Waals surface area (Å²) in [4.78, 5) is 17.1. The molecule has 2 aromatic carbocycles. The van der Waals surface area contributed by atoms with Crippen LogP contribution in [-0.2, 0) is 10.5 Å². The lowest BCUT2D eigenvalue weighted by molar-refractivity contribution is -0.128. The maximum absolute atomic E-state index is 12.9. The first-order chi connectivity index (χ1) is 16.7. The van der Waals surface area contributed by atoms with Crippen LogP contribution in [0, 0.1) is 0 Å². The molecule has 6 nitrogen and oxygen atoms in total. The van der Waals surface area contributed by atoms with Gasteiger partial charge in [-0.05, 0) is 48.5 Å². The van der Waals surface area contributed by atoms with Crippen molar-refractivity contribution in [3.63, 3.8) is 0 Å². The molecule has 3 heterocycles. The minimum atomic E-state index is 0.193. The summed E-state index contributed by atoms with van der Waals surface area (Å²) in [5, 5.41) is 5.39. The predicted molar refractivity (Wildman–Crippen MR) is 139 cm³/mol. The second kappa shape index (κ2) is 10.4. The molecule has 1 aliphatic heterocycles. The van der Waals surface area contributed by atoms with E-state index in [1.54, 1.807) is 11.8 Å². The van der Waals surface area contributed by atoms with Crippen LogP contribution in [-0.4, -0.2) is 57.1 Å². The van der Waals surface area contributed by atoms with Crippen LogP contribution in [0.15, 0.2) is 85.3 Å². The van der Waals surface area contributed by atoms with Gasteiger partial charge in [0.2, 0.25) is 5.91 Å². The standard InChI is InChI=1S/C26H26ClN5OS/c27-22-8-10-23(11-9-22)29-14-16-30(17-15-29)25(33)20-34-19-21-18-28-32(24-6-2-1-3-7-24)26(21)31-12-4-5-13-31/h1-13,18H,14-17,19-20H2. The second-order valence-electron chi connectivity index (χ2n) is 8.17. The molecule has 1 fully saturated rings. The summed E-state index contributed by atoms with van der Waals surface area (Å²) in [6.07, 6.45) is 5.95. The number of para-hydroxylation sites is 1. The molecule has 0 atom stereocenters. The lowest BCUT2D eigenvalue weighted by Crippen LogP contribution is -2.49. The molecule has 0 N–H and O–H groups in total. The fourth-order valence-corrected chi connectivity index (χ4v) is 5.20. The fourth-order valence-electron chi connectivity index (χ4n) is 4.19. The minimum Gasteiger partial charge on any atom is -0.368 e. The van der Waals surface area contributed by atoms with E-state index in [-0.39, 0.29) is 5.91 Å². The smallest absolute Gasteiger partial charge is 0.232 e. The number of nitrogens with zero attached hydrogens (tertiary/aromatic N) is 5. The fraction of sp³-hybridized carbons (Fsp3) is 0.231. The third-order valence-electron chi connectivity index (χ3n) is 5.97. The zero-order valence-corrected chi connectivity index (χ0v) is 20.3. The normalized spacial score (nSPS) is 13.9. The number of halogens is 1. The number of hydrogen-bond donors (Lipinski definition) is 0. The minimum absolute atomic E-state index is 0.193. The van der Waals surface area contributed by atoms with Crippen molar-refractivity contribution < 1.29 is 4.79 Å². The highest BCUT2D eigenvalue weighted by atomic mass is 35.5. The average Bonchev–Trinajstić information content (AvgIpc) is 3.55. The summed E-state index contributed by atoms with van der Waals surface area (Å²) in [6, 6.07) is 22.0. The Bertz CT molecular complexity index is 1220. The van der Waals surface area contributed by atoms with Crippen LogP contribution >= 0.6 is 23.4 Å². The van der Waals surface area contributed by atoms with Crippen LogP contribution < -0.4 is 4.90 Å². The first-order valence-corrected chi connectivity index (χ1v) is 12.8. The molecule has 174 valence electrons. The van der Waals surface area contributed by atoms with Crippen molar-refractivity contribution in [2.45, 2.75) is 5.75 Å². The lowest BCUT2D eigenvalue weighted by Gasteiger charge is -2.36. The van der Waals surface area contributed by atoms with Gasteiger partial charge in [-0.3, -0.25) is 4.79 Å². The second-order valence-corrected chi connectivity index (χ2v) is 9.59. The molecule has 0 bridgehead atoms. The number of carbonyl (C=O) groups is 1. The molecule has 0 saturated carbocycles. The third kappa shape index (κ3) is 5.00. The van der Waals surface area contributed by atoms with Gasteiger partial charge in [-0.25, -0.2) is 4.68 Å². The van der Waals surface area contributed by atoms with Gasteiger partial charge in [0, 0.05) is 60.6 Å². The van der Waals surface area contributed by atoms with Gasteiger partial charge in [0.1, 0.15) is 5.82 Å². The zero-order valence-electron chi connectivity index (χ0n) is 18.8. The van der Waals surface area contributed by atoms with E-state index in [0.717, 1.165) is 59.7 Å². The largest absolute Gasteiger partial charge is 0.368 e. The molecular weight excluding hydrogens is 466 g/mol. The highest BCUT2D eigenvalue weighted by Crippen LogP contribution is 2.24. The first-order valence-electron chi connectivity index (χ1n) is 11.3. The van der Waals surface area contributed by atoms with Crippen molar-refractivity contribution >= 4 is 35.0 Å². The van der Waals surface area contributed by atoms with Gasteiger partial charge in [-0.15, -0.1) is 11.8 Å². The molecule has 1 aliphatic rings. The van der Waals surface area contributed by atoms with Gasteiger partial charge in [0.25, 0.3) is 0 Å². The van der Waals surface area contributed by atoms with Crippen molar-refractivity contribution in [2.24, 2.45) is 0 Å². The maximum Gasteiger partial charge on any atom is 0.232 e. The number of aromatic nitrogens is 3. The zero-order chi connectivity index (χ0) is 23.3. The van der Waals surface area contributed by atoms with E-state index in [2.05, 4.69) is 14.6 Å². The average molecular weight is 492 g/mol. The van der Waals surface area contributed by atoms with Gasteiger partial charge >= 0.3 is 0 Å². The van der Waals surface area contributed by atoms with E-state index in [1.807, 2.05) is 94.9 Å².